The molecule has 2 atom stereocenters. The maximum atomic E-state index is 5.53. The number of rotatable bonds is 4. The van der Waals surface area contributed by atoms with Gasteiger partial charge in [-0.1, -0.05) is 0 Å². The van der Waals surface area contributed by atoms with Crippen LogP contribution in [0.25, 0.3) is 0 Å². The Kier molecular flexibility index (Phi) is 4.85. The molecular weight excluding hydrogens is 176 g/mol. The lowest BCUT2D eigenvalue weighted by Crippen LogP contribution is -2.47. The summed E-state index contributed by atoms with van der Waals surface area (Å²) in [4.78, 5) is 2.39. The van der Waals surface area contributed by atoms with E-state index in [-0.39, 0.29) is 0 Å². The fraction of sp³-hybridized carbons (Fsp3) is 1.00. The van der Waals surface area contributed by atoms with Gasteiger partial charge in [0.2, 0.25) is 0 Å². The van der Waals surface area contributed by atoms with Crippen LogP contribution in [0.1, 0.15) is 20.3 Å². The molecule has 84 valence electrons. The fourth-order valence-corrected chi connectivity index (χ4v) is 1.94. The minimum Gasteiger partial charge on any atom is -0.381 e. The molecule has 1 fully saturated rings. The number of hydrogen-bond donors (Lipinski definition) is 1. The molecule has 0 bridgehead atoms. The molecule has 14 heavy (non-hydrogen) atoms. The average Bonchev–Trinajstić information content (AvgIpc) is 2.18. The summed E-state index contributed by atoms with van der Waals surface area (Å²) >= 11 is 0. The largest absolute Gasteiger partial charge is 0.381 e. The summed E-state index contributed by atoms with van der Waals surface area (Å²) in [5.41, 5.74) is 0. The number of ether oxygens (including phenoxy) is 1. The normalized spacial score (nSPS) is 28.7. The van der Waals surface area contributed by atoms with Gasteiger partial charge in [0, 0.05) is 31.2 Å². The van der Waals surface area contributed by atoms with E-state index in [1.165, 1.54) is 0 Å². The van der Waals surface area contributed by atoms with Crippen molar-refractivity contribution in [3.05, 3.63) is 0 Å². The van der Waals surface area contributed by atoms with Gasteiger partial charge in [0.1, 0.15) is 0 Å². The summed E-state index contributed by atoms with van der Waals surface area (Å²) in [6, 6.07) is 1.25. The Morgan fingerprint density at radius 2 is 2.21 bits per heavy atom. The van der Waals surface area contributed by atoms with Crippen molar-refractivity contribution < 1.29 is 4.74 Å². The summed E-state index contributed by atoms with van der Waals surface area (Å²) < 4.78 is 5.53. The molecule has 3 nitrogen and oxygen atoms in total. The molecule has 0 radical (unpaired) electrons. The first kappa shape index (κ1) is 12.0. The van der Waals surface area contributed by atoms with Crippen molar-refractivity contribution >= 4 is 0 Å². The molecule has 1 N–H and O–H groups in total. The minimum absolute atomic E-state index is 0.620. The second-order valence-corrected chi connectivity index (χ2v) is 4.55. The van der Waals surface area contributed by atoms with E-state index in [0.717, 1.165) is 26.2 Å². The predicted octanol–water partition coefficient (Wildman–Crippen LogP) is 0.951. The Bertz CT molecular complexity index is 161. The molecule has 1 aliphatic rings. The van der Waals surface area contributed by atoms with Gasteiger partial charge in [-0.2, -0.15) is 0 Å². The fourth-order valence-electron chi connectivity index (χ4n) is 1.94. The molecule has 0 aromatic carbocycles. The highest BCUT2D eigenvalue weighted by molar-refractivity contribution is 4.81. The van der Waals surface area contributed by atoms with Crippen LogP contribution in [0, 0.1) is 5.92 Å². The molecule has 1 aliphatic heterocycles. The second-order valence-electron chi connectivity index (χ2n) is 4.55. The molecule has 0 spiro atoms. The summed E-state index contributed by atoms with van der Waals surface area (Å²) in [5, 5.41) is 3.39. The summed E-state index contributed by atoms with van der Waals surface area (Å²) in [6.45, 7) is 7.41. The lowest BCUT2D eigenvalue weighted by molar-refractivity contribution is 0.0183. The van der Waals surface area contributed by atoms with E-state index >= 15 is 0 Å². The molecule has 0 aliphatic carbocycles. The van der Waals surface area contributed by atoms with Crippen molar-refractivity contribution in [2.45, 2.75) is 32.4 Å². The van der Waals surface area contributed by atoms with Gasteiger partial charge >= 0.3 is 0 Å². The van der Waals surface area contributed by atoms with E-state index in [4.69, 9.17) is 4.74 Å². The molecule has 1 saturated heterocycles. The Labute approximate surface area is 87.8 Å². The number of hydrogen-bond acceptors (Lipinski definition) is 3. The molecule has 0 amide bonds. The van der Waals surface area contributed by atoms with Crippen molar-refractivity contribution in [1.29, 1.82) is 0 Å². The van der Waals surface area contributed by atoms with Gasteiger partial charge in [0.25, 0.3) is 0 Å². The zero-order valence-corrected chi connectivity index (χ0v) is 9.92. The zero-order valence-electron chi connectivity index (χ0n) is 9.92. The second kappa shape index (κ2) is 5.69. The average molecular weight is 200 g/mol. The highest BCUT2D eigenvalue weighted by Gasteiger charge is 2.25. The molecular formula is C11H24N2O. The van der Waals surface area contributed by atoms with Crippen molar-refractivity contribution in [1.82, 2.24) is 10.2 Å². The predicted molar refractivity (Wildman–Crippen MR) is 59.5 cm³/mol. The lowest BCUT2D eigenvalue weighted by Gasteiger charge is -2.35. The smallest absolute Gasteiger partial charge is 0.0521 e. The standard InChI is InChI=1S/C11H24N2O/c1-9(2)13(4)7-10-8-14-6-5-11(10)12-3/h9-12H,5-8H2,1-4H3. The van der Waals surface area contributed by atoms with E-state index in [0.29, 0.717) is 18.0 Å². The van der Waals surface area contributed by atoms with Crippen molar-refractivity contribution in [3.63, 3.8) is 0 Å². The molecule has 0 aromatic rings. The highest BCUT2D eigenvalue weighted by atomic mass is 16.5. The van der Waals surface area contributed by atoms with Crippen LogP contribution >= 0.6 is 0 Å². The van der Waals surface area contributed by atoms with Crippen LogP contribution in [0.4, 0.5) is 0 Å². The maximum Gasteiger partial charge on any atom is 0.0521 e. The molecule has 3 heteroatoms. The van der Waals surface area contributed by atoms with E-state index in [1.54, 1.807) is 0 Å². The summed E-state index contributed by atoms with van der Waals surface area (Å²) in [7, 11) is 4.24. The van der Waals surface area contributed by atoms with Crippen LogP contribution < -0.4 is 5.32 Å². The summed E-state index contributed by atoms with van der Waals surface area (Å²) in [6.07, 6.45) is 1.15. The number of nitrogens with one attached hydrogen (secondary N) is 1. The first-order valence-electron chi connectivity index (χ1n) is 5.60. The zero-order chi connectivity index (χ0) is 10.6. The van der Waals surface area contributed by atoms with Gasteiger partial charge < -0.3 is 15.0 Å². The molecule has 0 aromatic heterocycles. The van der Waals surface area contributed by atoms with Crippen LogP contribution in [0.15, 0.2) is 0 Å². The lowest BCUT2D eigenvalue weighted by atomic mass is 9.95. The van der Waals surface area contributed by atoms with Gasteiger partial charge in [-0.15, -0.1) is 0 Å². The Hall–Kier alpha value is -0.120. The third kappa shape index (κ3) is 3.23. The van der Waals surface area contributed by atoms with Crippen LogP contribution in [0.5, 0.6) is 0 Å². The molecule has 1 heterocycles. The summed E-state index contributed by atoms with van der Waals surface area (Å²) in [5.74, 6) is 0.640. The van der Waals surface area contributed by atoms with Crippen molar-refractivity contribution in [3.8, 4) is 0 Å². The van der Waals surface area contributed by atoms with E-state index < -0.39 is 0 Å². The van der Waals surface area contributed by atoms with Gasteiger partial charge in [-0.05, 0) is 34.4 Å². The maximum absolute atomic E-state index is 5.53. The monoisotopic (exact) mass is 200 g/mol. The molecule has 2 unspecified atom stereocenters. The third-order valence-electron chi connectivity index (χ3n) is 3.25. The Morgan fingerprint density at radius 3 is 2.79 bits per heavy atom. The van der Waals surface area contributed by atoms with Gasteiger partial charge in [0.15, 0.2) is 0 Å². The first-order chi connectivity index (χ1) is 6.65. The van der Waals surface area contributed by atoms with Crippen LogP contribution in [0.3, 0.4) is 0 Å². The van der Waals surface area contributed by atoms with Crippen LogP contribution in [0.2, 0.25) is 0 Å². The van der Waals surface area contributed by atoms with Gasteiger partial charge in [-0.25, -0.2) is 0 Å². The van der Waals surface area contributed by atoms with E-state index in [9.17, 15) is 0 Å². The third-order valence-corrected chi connectivity index (χ3v) is 3.25. The van der Waals surface area contributed by atoms with Crippen molar-refractivity contribution in [2.24, 2.45) is 5.92 Å². The van der Waals surface area contributed by atoms with Crippen molar-refractivity contribution in [2.75, 3.05) is 33.9 Å². The van der Waals surface area contributed by atoms with E-state index in [2.05, 4.69) is 38.2 Å². The van der Waals surface area contributed by atoms with Gasteiger partial charge in [0.05, 0.1) is 6.61 Å². The first-order valence-corrected chi connectivity index (χ1v) is 5.60. The van der Waals surface area contributed by atoms with Crippen LogP contribution in [-0.4, -0.2) is 50.8 Å². The topological polar surface area (TPSA) is 24.5 Å². The highest BCUT2D eigenvalue weighted by Crippen LogP contribution is 2.16. The number of nitrogens with zero attached hydrogens (tertiary/aromatic N) is 1. The quantitative estimate of drug-likeness (QED) is 0.731. The Morgan fingerprint density at radius 1 is 1.50 bits per heavy atom. The van der Waals surface area contributed by atoms with Gasteiger partial charge in [-0.3, -0.25) is 0 Å². The SMILES string of the molecule is CNC1CCOCC1CN(C)C(C)C. The minimum atomic E-state index is 0.620. The molecule has 1 rings (SSSR count). The molecule has 0 saturated carbocycles. The van der Waals surface area contributed by atoms with Crippen LogP contribution in [-0.2, 0) is 4.74 Å². The Balaban J connectivity index is 2.40. The van der Waals surface area contributed by atoms with E-state index in [1.807, 2.05) is 0 Å².